The van der Waals surface area contributed by atoms with Crippen LogP contribution >= 0.6 is 11.3 Å². The van der Waals surface area contributed by atoms with Gasteiger partial charge in [-0.15, -0.1) is 11.3 Å². The monoisotopic (exact) mass is 539 g/mol. The summed E-state index contributed by atoms with van der Waals surface area (Å²) in [6.45, 7) is 5.52. The Balaban J connectivity index is 1.18. The fraction of sp³-hybridized carbons (Fsp3) is 0.560. The van der Waals surface area contributed by atoms with Crippen molar-refractivity contribution in [1.29, 1.82) is 0 Å². The number of nitrogens with one attached hydrogen (secondary N) is 2. The lowest BCUT2D eigenvalue weighted by atomic mass is 9.82. The van der Waals surface area contributed by atoms with Gasteiger partial charge in [0.05, 0.1) is 12.5 Å². The second-order valence-electron chi connectivity index (χ2n) is 10.2. The van der Waals surface area contributed by atoms with E-state index in [1.54, 1.807) is 6.20 Å². The molecule has 3 fully saturated rings. The van der Waals surface area contributed by atoms with Gasteiger partial charge in [0.1, 0.15) is 10.6 Å². The van der Waals surface area contributed by atoms with E-state index in [4.69, 9.17) is 5.73 Å². The molecule has 2 amide bonds. The zero-order valence-corrected chi connectivity index (χ0v) is 21.4. The average molecular weight is 540 g/mol. The zero-order valence-electron chi connectivity index (χ0n) is 20.6. The molecule has 2 aliphatic carbocycles. The first-order valence-corrected chi connectivity index (χ1v) is 13.1. The van der Waals surface area contributed by atoms with Crippen molar-refractivity contribution in [2.45, 2.75) is 56.0 Å². The van der Waals surface area contributed by atoms with Crippen molar-refractivity contribution in [2.24, 2.45) is 17.6 Å². The van der Waals surface area contributed by atoms with Crippen LogP contribution in [0.2, 0.25) is 0 Å². The Bertz CT molecular complexity index is 1100. The number of carbonyl (C=O) groups excluding carboxylic acids is 2. The first-order valence-electron chi connectivity index (χ1n) is 12.2. The lowest BCUT2D eigenvalue weighted by Crippen LogP contribution is -2.47. The highest BCUT2D eigenvalue weighted by Crippen LogP contribution is 2.55. The summed E-state index contributed by atoms with van der Waals surface area (Å²) in [7, 11) is 0. The molecule has 1 aromatic rings. The van der Waals surface area contributed by atoms with Gasteiger partial charge in [0, 0.05) is 53.4 Å². The van der Waals surface area contributed by atoms with Crippen LogP contribution in [0.1, 0.15) is 37.6 Å². The van der Waals surface area contributed by atoms with Crippen LogP contribution < -0.4 is 16.4 Å². The number of carbonyl (C=O) groups is 2. The number of nitrogens with two attached hydrogens (primary N) is 1. The van der Waals surface area contributed by atoms with Crippen LogP contribution in [0.15, 0.2) is 47.7 Å². The summed E-state index contributed by atoms with van der Waals surface area (Å²) >= 11 is 1.47. The lowest BCUT2D eigenvalue weighted by molar-refractivity contribution is -0.127. The van der Waals surface area contributed by atoms with E-state index in [2.05, 4.69) is 27.1 Å². The van der Waals surface area contributed by atoms with E-state index in [-0.39, 0.29) is 30.0 Å². The van der Waals surface area contributed by atoms with Gasteiger partial charge in [-0.05, 0) is 38.7 Å². The molecule has 0 unspecified atom stereocenters. The summed E-state index contributed by atoms with van der Waals surface area (Å²) in [6.07, 6.45) is 3.51. The quantitative estimate of drug-likeness (QED) is 0.377. The minimum atomic E-state index is -4.42. The number of fused-ring (bicyclic) bond motifs is 1. The minimum Gasteiger partial charge on any atom is -0.383 e. The molecule has 3 atom stereocenters. The van der Waals surface area contributed by atoms with E-state index < -0.39 is 28.8 Å². The second-order valence-corrected chi connectivity index (χ2v) is 11.1. The van der Waals surface area contributed by atoms with Gasteiger partial charge in [-0.2, -0.15) is 13.2 Å². The number of piperidine rings is 1. The fourth-order valence-corrected chi connectivity index (χ4v) is 6.26. The van der Waals surface area contributed by atoms with Gasteiger partial charge >= 0.3 is 6.18 Å². The topological polar surface area (TPSA) is 121 Å². The molecule has 8 nitrogen and oxygen atoms in total. The molecule has 202 valence electrons. The van der Waals surface area contributed by atoms with E-state index in [0.29, 0.717) is 32.0 Å². The van der Waals surface area contributed by atoms with Crippen molar-refractivity contribution in [1.82, 2.24) is 20.5 Å². The van der Waals surface area contributed by atoms with Crippen molar-refractivity contribution in [3.8, 4) is 0 Å². The van der Waals surface area contributed by atoms with E-state index in [1.165, 1.54) is 17.4 Å². The smallest absolute Gasteiger partial charge is 0.383 e. The maximum absolute atomic E-state index is 12.7. The van der Waals surface area contributed by atoms with Gasteiger partial charge in [-0.3, -0.25) is 14.5 Å². The summed E-state index contributed by atoms with van der Waals surface area (Å²) < 4.78 is 37.4. The van der Waals surface area contributed by atoms with Crippen LogP contribution in [-0.2, 0) is 15.2 Å². The van der Waals surface area contributed by atoms with Gasteiger partial charge in [0.25, 0.3) is 0 Å². The molecule has 5 N–H and O–H groups in total. The molecule has 3 aliphatic rings. The first-order chi connectivity index (χ1) is 17.3. The van der Waals surface area contributed by atoms with Gasteiger partial charge in [-0.25, -0.2) is 4.98 Å². The third-order valence-electron chi connectivity index (χ3n) is 7.70. The summed E-state index contributed by atoms with van der Waals surface area (Å²) in [5, 5.41) is 18.6. The van der Waals surface area contributed by atoms with Crippen molar-refractivity contribution >= 4 is 23.2 Å². The largest absolute Gasteiger partial charge is 0.412 e. The molecule has 0 aromatic carbocycles. The van der Waals surface area contributed by atoms with Gasteiger partial charge in [0.15, 0.2) is 0 Å². The normalized spacial score (nSPS) is 32.3. The van der Waals surface area contributed by atoms with Crippen LogP contribution in [0, 0.1) is 11.8 Å². The average Bonchev–Trinajstić information content (AvgIpc) is 3.22. The number of likely N-dealkylation sites (tertiary alicyclic amines) is 1. The molecule has 0 radical (unpaired) electrons. The Morgan fingerprint density at radius 2 is 2.08 bits per heavy atom. The third kappa shape index (κ3) is 5.97. The first kappa shape index (κ1) is 27.5. The number of amides is 2. The predicted molar refractivity (Wildman–Crippen MR) is 133 cm³/mol. The van der Waals surface area contributed by atoms with Crippen molar-refractivity contribution in [3.63, 3.8) is 0 Å². The SMILES string of the molecule is C=C(/C=C\C=C(/C)C(F)(F)F)NC(=O)CNC(=O)[C@@H]1[C@H]2CN(C3CCC(O)(c4nccs4)CC3)C[C@]21N. The molecular weight excluding hydrogens is 507 g/mol. The molecule has 0 bridgehead atoms. The molecule has 1 aliphatic heterocycles. The summed E-state index contributed by atoms with van der Waals surface area (Å²) in [6, 6.07) is 0.303. The van der Waals surface area contributed by atoms with Crippen molar-refractivity contribution < 1.29 is 27.9 Å². The number of alkyl halides is 3. The van der Waals surface area contributed by atoms with Crippen molar-refractivity contribution in [3.05, 3.63) is 52.7 Å². The number of halogens is 3. The number of allylic oxidation sites excluding steroid dienone is 4. The van der Waals surface area contributed by atoms with Crippen LogP contribution in [-0.4, -0.2) is 64.2 Å². The molecular formula is C25H32F3N5O3S. The minimum absolute atomic E-state index is 0.0110. The Labute approximate surface area is 217 Å². The highest BCUT2D eigenvalue weighted by atomic mass is 32.1. The predicted octanol–water partition coefficient (Wildman–Crippen LogP) is 2.34. The number of rotatable bonds is 8. The standard InChI is InChI=1S/C25H32F3N5O3S/c1-15(25(26,27)28)4-3-5-16(2)32-19(34)12-31-21(35)20-18-13-33(14-24(18,20)29)17-6-8-23(36,9-7-17)22-30-10-11-37-22/h3-5,10-11,17-18,20,36H,2,6-9,12-14,29H2,1H3,(H,31,35)(H,32,34)/b5-3-,15-4+/t17?,18-,20+,23?,24+/m1/s1. The third-order valence-corrected chi connectivity index (χ3v) is 8.66. The molecule has 2 saturated carbocycles. The maximum Gasteiger partial charge on any atom is 0.412 e. The molecule has 0 spiro atoms. The zero-order chi connectivity index (χ0) is 27.0. The fourth-order valence-electron chi connectivity index (χ4n) is 5.46. The number of thiazole rings is 1. The van der Waals surface area contributed by atoms with E-state index in [0.717, 1.165) is 36.9 Å². The summed E-state index contributed by atoms with van der Waals surface area (Å²) in [4.78, 5) is 31.4. The molecule has 1 aromatic heterocycles. The van der Waals surface area contributed by atoms with Crippen LogP contribution in [0.4, 0.5) is 13.2 Å². The van der Waals surface area contributed by atoms with Crippen LogP contribution in [0.5, 0.6) is 0 Å². The molecule has 1 saturated heterocycles. The molecule has 4 rings (SSSR count). The van der Waals surface area contributed by atoms with Gasteiger partial charge in [0.2, 0.25) is 11.8 Å². The summed E-state index contributed by atoms with van der Waals surface area (Å²) in [5.74, 6) is -1.18. The lowest BCUT2D eigenvalue weighted by Gasteiger charge is -2.39. The Morgan fingerprint density at radius 1 is 1.38 bits per heavy atom. The number of hydrogen-bond acceptors (Lipinski definition) is 7. The Hall–Kier alpha value is -2.54. The summed E-state index contributed by atoms with van der Waals surface area (Å²) in [5.41, 5.74) is 4.39. The molecule has 12 heteroatoms. The number of nitrogens with zero attached hydrogens (tertiary/aromatic N) is 2. The van der Waals surface area contributed by atoms with Crippen LogP contribution in [0.3, 0.4) is 0 Å². The number of aliphatic hydroxyl groups is 1. The van der Waals surface area contributed by atoms with E-state index in [1.807, 2.05) is 5.38 Å². The highest BCUT2D eigenvalue weighted by molar-refractivity contribution is 7.09. The highest BCUT2D eigenvalue weighted by Gasteiger charge is 2.70. The second kappa shape index (κ2) is 10.3. The van der Waals surface area contributed by atoms with E-state index >= 15 is 0 Å². The number of hydrogen-bond donors (Lipinski definition) is 4. The number of aromatic nitrogens is 1. The molecule has 37 heavy (non-hydrogen) atoms. The van der Waals surface area contributed by atoms with E-state index in [9.17, 15) is 27.9 Å². The van der Waals surface area contributed by atoms with Gasteiger partial charge < -0.3 is 21.5 Å². The Morgan fingerprint density at radius 3 is 2.65 bits per heavy atom. The van der Waals surface area contributed by atoms with Crippen molar-refractivity contribution in [2.75, 3.05) is 19.6 Å². The Kier molecular flexibility index (Phi) is 7.67. The van der Waals surface area contributed by atoms with Crippen LogP contribution in [0.25, 0.3) is 0 Å². The maximum atomic E-state index is 12.7. The molecule has 2 heterocycles. The van der Waals surface area contributed by atoms with Gasteiger partial charge in [-0.1, -0.05) is 18.7 Å².